The Kier molecular flexibility index (Phi) is 4.60. The lowest BCUT2D eigenvalue weighted by Crippen LogP contribution is -2.15. The van der Waals surface area contributed by atoms with Crippen LogP contribution in [0.25, 0.3) is 0 Å². The van der Waals surface area contributed by atoms with Crippen molar-refractivity contribution in [2.24, 2.45) is 0 Å². The Labute approximate surface area is 118 Å². The number of para-hydroxylation sites is 1. The fourth-order valence-electron chi connectivity index (χ4n) is 1.76. The van der Waals surface area contributed by atoms with Crippen LogP contribution in [-0.2, 0) is 4.79 Å². The Hall–Kier alpha value is -2.49. The van der Waals surface area contributed by atoms with Crippen LogP contribution >= 0.6 is 0 Å². The van der Waals surface area contributed by atoms with Crippen molar-refractivity contribution >= 4 is 17.3 Å². The van der Waals surface area contributed by atoms with Gasteiger partial charge >= 0.3 is 0 Å². The monoisotopic (exact) mass is 270 g/mol. The molecule has 0 spiro atoms. The maximum Gasteiger partial charge on any atom is 0.227 e. The topological polar surface area (TPSA) is 64.3 Å². The molecule has 0 heterocycles. The lowest BCUT2D eigenvalue weighted by Gasteiger charge is -2.09. The summed E-state index contributed by atoms with van der Waals surface area (Å²) < 4.78 is 5.58. The van der Waals surface area contributed by atoms with Gasteiger partial charge in [-0.1, -0.05) is 18.2 Å². The van der Waals surface area contributed by atoms with E-state index in [9.17, 15) is 4.79 Å². The van der Waals surface area contributed by atoms with Crippen LogP contribution in [0.5, 0.6) is 5.75 Å². The van der Waals surface area contributed by atoms with Crippen LogP contribution < -0.4 is 15.8 Å². The summed E-state index contributed by atoms with van der Waals surface area (Å²) in [6, 6.07) is 14.8. The summed E-state index contributed by atoms with van der Waals surface area (Å²) in [5.74, 6) is 0.733. The third-order valence-electron chi connectivity index (χ3n) is 2.87. The molecule has 4 heteroatoms. The van der Waals surface area contributed by atoms with E-state index < -0.39 is 0 Å². The summed E-state index contributed by atoms with van der Waals surface area (Å²) in [6.07, 6.45) is 0.304. The van der Waals surface area contributed by atoms with E-state index in [1.165, 1.54) is 0 Å². The Bertz CT molecular complexity index is 579. The van der Waals surface area contributed by atoms with Crippen molar-refractivity contribution in [3.8, 4) is 5.75 Å². The third kappa shape index (κ3) is 4.02. The van der Waals surface area contributed by atoms with E-state index in [0.29, 0.717) is 18.7 Å². The van der Waals surface area contributed by atoms with E-state index >= 15 is 0 Å². The molecule has 2 aromatic carbocycles. The molecule has 0 saturated heterocycles. The molecule has 20 heavy (non-hydrogen) atoms. The molecule has 0 saturated carbocycles. The van der Waals surface area contributed by atoms with Gasteiger partial charge in [-0.05, 0) is 42.8 Å². The van der Waals surface area contributed by atoms with Crippen LogP contribution in [0.1, 0.15) is 12.0 Å². The number of nitrogen functional groups attached to an aromatic ring is 1. The van der Waals surface area contributed by atoms with Crippen LogP contribution in [0.3, 0.4) is 0 Å². The second-order valence-electron chi connectivity index (χ2n) is 4.53. The molecule has 0 atom stereocenters. The molecule has 0 aliphatic rings. The lowest BCUT2D eigenvalue weighted by molar-refractivity contribution is -0.116. The number of anilines is 2. The van der Waals surface area contributed by atoms with Gasteiger partial charge in [0, 0.05) is 11.4 Å². The summed E-state index contributed by atoms with van der Waals surface area (Å²) in [4.78, 5) is 11.8. The van der Waals surface area contributed by atoms with Crippen molar-refractivity contribution in [3.05, 3.63) is 54.1 Å². The zero-order valence-electron chi connectivity index (χ0n) is 11.4. The van der Waals surface area contributed by atoms with Crippen LogP contribution in [0.4, 0.5) is 11.4 Å². The zero-order chi connectivity index (χ0) is 14.4. The predicted octanol–water partition coefficient (Wildman–Crippen LogP) is 2.98. The van der Waals surface area contributed by atoms with Crippen molar-refractivity contribution in [2.75, 3.05) is 17.7 Å². The summed E-state index contributed by atoms with van der Waals surface area (Å²) >= 11 is 0. The van der Waals surface area contributed by atoms with Crippen molar-refractivity contribution < 1.29 is 9.53 Å². The van der Waals surface area contributed by atoms with Crippen molar-refractivity contribution in [3.63, 3.8) is 0 Å². The molecule has 2 aromatic rings. The zero-order valence-corrected chi connectivity index (χ0v) is 11.4. The average molecular weight is 270 g/mol. The molecular formula is C16H18N2O2. The molecule has 0 bridgehead atoms. The highest BCUT2D eigenvalue weighted by Crippen LogP contribution is 2.16. The number of nitrogens with two attached hydrogens (primary N) is 1. The highest BCUT2D eigenvalue weighted by molar-refractivity contribution is 5.90. The van der Waals surface area contributed by atoms with Crippen LogP contribution in [0, 0.1) is 6.92 Å². The van der Waals surface area contributed by atoms with Crippen molar-refractivity contribution in [1.29, 1.82) is 0 Å². The number of aryl methyl sites for hydroxylation is 1. The van der Waals surface area contributed by atoms with E-state index in [-0.39, 0.29) is 5.91 Å². The summed E-state index contributed by atoms with van der Waals surface area (Å²) in [5, 5.41) is 2.80. The number of nitrogens with one attached hydrogen (secondary N) is 1. The number of hydrogen-bond donors (Lipinski definition) is 2. The van der Waals surface area contributed by atoms with Gasteiger partial charge in [-0.15, -0.1) is 0 Å². The standard InChI is InChI=1S/C16H18N2O2/c1-12-4-2-3-5-15(12)20-11-10-16(19)18-14-8-6-13(17)7-9-14/h2-9H,10-11,17H2,1H3,(H,18,19). The molecule has 3 N–H and O–H groups in total. The highest BCUT2D eigenvalue weighted by atomic mass is 16.5. The molecule has 0 aliphatic heterocycles. The molecule has 2 rings (SSSR count). The smallest absolute Gasteiger partial charge is 0.227 e. The molecule has 0 aromatic heterocycles. The minimum absolute atomic E-state index is 0.0802. The molecule has 4 nitrogen and oxygen atoms in total. The van der Waals surface area contributed by atoms with E-state index in [0.717, 1.165) is 17.0 Å². The predicted molar refractivity (Wildman–Crippen MR) is 80.8 cm³/mol. The van der Waals surface area contributed by atoms with E-state index in [1.54, 1.807) is 24.3 Å². The number of amides is 1. The van der Waals surface area contributed by atoms with Gasteiger partial charge in [-0.2, -0.15) is 0 Å². The first kappa shape index (κ1) is 13.9. The molecule has 0 fully saturated rings. The fourth-order valence-corrected chi connectivity index (χ4v) is 1.76. The van der Waals surface area contributed by atoms with Gasteiger partial charge in [0.2, 0.25) is 5.91 Å². The van der Waals surface area contributed by atoms with Gasteiger partial charge in [0.15, 0.2) is 0 Å². The fraction of sp³-hybridized carbons (Fsp3) is 0.188. The van der Waals surface area contributed by atoms with Crippen LogP contribution in [0.2, 0.25) is 0 Å². The number of rotatable bonds is 5. The van der Waals surface area contributed by atoms with Gasteiger partial charge in [0.1, 0.15) is 5.75 Å². The minimum Gasteiger partial charge on any atom is -0.493 e. The normalized spacial score (nSPS) is 10.1. The first-order valence-corrected chi connectivity index (χ1v) is 6.49. The van der Waals surface area contributed by atoms with Crippen molar-refractivity contribution in [1.82, 2.24) is 0 Å². The second-order valence-corrected chi connectivity index (χ2v) is 4.53. The summed E-state index contributed by atoms with van der Waals surface area (Å²) in [7, 11) is 0. The number of ether oxygens (including phenoxy) is 1. The van der Waals surface area contributed by atoms with Gasteiger partial charge in [-0.3, -0.25) is 4.79 Å². The molecule has 1 amide bonds. The molecule has 104 valence electrons. The quantitative estimate of drug-likeness (QED) is 0.821. The minimum atomic E-state index is -0.0802. The van der Waals surface area contributed by atoms with Gasteiger partial charge < -0.3 is 15.8 Å². The van der Waals surface area contributed by atoms with E-state index in [2.05, 4.69) is 5.32 Å². The Morgan fingerprint density at radius 1 is 1.15 bits per heavy atom. The maximum atomic E-state index is 11.8. The molecular weight excluding hydrogens is 252 g/mol. The largest absolute Gasteiger partial charge is 0.493 e. The van der Waals surface area contributed by atoms with Gasteiger partial charge in [-0.25, -0.2) is 0 Å². The third-order valence-corrected chi connectivity index (χ3v) is 2.87. The van der Waals surface area contributed by atoms with Crippen molar-refractivity contribution in [2.45, 2.75) is 13.3 Å². The van der Waals surface area contributed by atoms with E-state index in [1.807, 2.05) is 31.2 Å². The summed E-state index contributed by atoms with van der Waals surface area (Å²) in [5.41, 5.74) is 8.05. The number of carbonyl (C=O) groups excluding carboxylic acids is 1. The van der Waals surface area contributed by atoms with Crippen LogP contribution in [-0.4, -0.2) is 12.5 Å². The Morgan fingerprint density at radius 2 is 1.85 bits per heavy atom. The van der Waals surface area contributed by atoms with E-state index in [4.69, 9.17) is 10.5 Å². The Morgan fingerprint density at radius 3 is 2.55 bits per heavy atom. The first-order valence-electron chi connectivity index (χ1n) is 6.49. The van der Waals surface area contributed by atoms with Gasteiger partial charge in [0.25, 0.3) is 0 Å². The number of carbonyl (C=O) groups is 1. The molecule has 0 aliphatic carbocycles. The first-order chi connectivity index (χ1) is 9.65. The van der Waals surface area contributed by atoms with Gasteiger partial charge in [0.05, 0.1) is 13.0 Å². The number of benzene rings is 2. The Balaban J connectivity index is 1.78. The highest BCUT2D eigenvalue weighted by Gasteiger charge is 2.04. The SMILES string of the molecule is Cc1ccccc1OCCC(=O)Nc1ccc(N)cc1. The average Bonchev–Trinajstić information content (AvgIpc) is 2.43. The molecule has 0 unspecified atom stereocenters. The van der Waals surface area contributed by atoms with Crippen LogP contribution in [0.15, 0.2) is 48.5 Å². The lowest BCUT2D eigenvalue weighted by atomic mass is 10.2. The maximum absolute atomic E-state index is 11.8. The summed E-state index contributed by atoms with van der Waals surface area (Å²) in [6.45, 7) is 2.33. The number of hydrogen-bond acceptors (Lipinski definition) is 3. The molecule has 0 radical (unpaired) electrons. The second kappa shape index (κ2) is 6.61.